The average molecular weight is 432 g/mol. The third kappa shape index (κ3) is 4.00. The Morgan fingerprint density at radius 1 is 1.23 bits per heavy atom. The summed E-state index contributed by atoms with van der Waals surface area (Å²) in [5, 5.41) is 14.7. The number of nitrogens with two attached hydrogens (primary N) is 1. The van der Waals surface area contributed by atoms with E-state index in [0.717, 1.165) is 32.6 Å². The third-order valence-corrected chi connectivity index (χ3v) is 5.53. The Bertz CT molecular complexity index is 1350. The van der Waals surface area contributed by atoms with Crippen LogP contribution < -0.4 is 5.73 Å². The van der Waals surface area contributed by atoms with Crippen molar-refractivity contribution < 1.29 is 9.53 Å². The van der Waals surface area contributed by atoms with E-state index in [2.05, 4.69) is 16.2 Å². The number of carbonyl (C=O) groups excluding carboxylic acids is 1. The van der Waals surface area contributed by atoms with E-state index in [1.54, 1.807) is 18.3 Å². The number of anilines is 1. The van der Waals surface area contributed by atoms with Crippen LogP contribution in [0.15, 0.2) is 42.6 Å². The molecular formula is C23H21N5O2S. The molecule has 0 radical (unpaired) electrons. The Morgan fingerprint density at radius 3 is 2.71 bits per heavy atom. The summed E-state index contributed by atoms with van der Waals surface area (Å²) in [4.78, 5) is 18.0. The van der Waals surface area contributed by atoms with Gasteiger partial charge in [-0.2, -0.15) is 15.0 Å². The normalized spacial score (nSPS) is 11.5. The molecule has 0 saturated carbocycles. The van der Waals surface area contributed by atoms with E-state index in [9.17, 15) is 10.1 Å². The van der Waals surface area contributed by atoms with E-state index >= 15 is 0 Å². The van der Waals surface area contributed by atoms with Crippen molar-refractivity contribution in [3.05, 3.63) is 53.7 Å². The number of benzene rings is 2. The molecule has 7 nitrogen and oxygen atoms in total. The fraction of sp³-hybridized carbons (Fsp3) is 0.217. The summed E-state index contributed by atoms with van der Waals surface area (Å²) in [7, 11) is 0. The number of aromatic nitrogens is 3. The van der Waals surface area contributed by atoms with Crippen LogP contribution >= 0.6 is 11.3 Å². The number of hydrogen-bond acceptors (Lipinski definition) is 7. The Labute approximate surface area is 183 Å². The van der Waals surface area contributed by atoms with Gasteiger partial charge in [-0.1, -0.05) is 23.5 Å². The van der Waals surface area contributed by atoms with Gasteiger partial charge >= 0.3 is 6.09 Å². The van der Waals surface area contributed by atoms with Crippen molar-refractivity contribution in [3.63, 3.8) is 0 Å². The molecule has 0 unspecified atom stereocenters. The lowest BCUT2D eigenvalue weighted by atomic mass is 10.0. The predicted octanol–water partition coefficient (Wildman–Crippen LogP) is 5.37. The van der Waals surface area contributed by atoms with Crippen molar-refractivity contribution in [1.82, 2.24) is 14.8 Å². The average Bonchev–Trinajstić information content (AvgIpc) is 3.30. The summed E-state index contributed by atoms with van der Waals surface area (Å²) in [5.74, 6) is 0. The molecule has 0 bridgehead atoms. The van der Waals surface area contributed by atoms with E-state index in [1.165, 1.54) is 16.0 Å². The van der Waals surface area contributed by atoms with Gasteiger partial charge in [0, 0.05) is 10.9 Å². The first-order valence-electron chi connectivity index (χ1n) is 9.65. The number of ether oxygens (including phenoxy) is 1. The quantitative estimate of drug-likeness (QED) is 0.457. The summed E-state index contributed by atoms with van der Waals surface area (Å²) in [6.45, 7) is 7.38. The maximum Gasteiger partial charge on any atom is 0.435 e. The molecule has 156 valence electrons. The molecule has 0 saturated heterocycles. The predicted molar refractivity (Wildman–Crippen MR) is 122 cm³/mol. The Balaban J connectivity index is 1.82. The van der Waals surface area contributed by atoms with Crippen LogP contribution in [0.25, 0.3) is 32.6 Å². The molecule has 0 aliphatic carbocycles. The molecule has 4 aromatic rings. The zero-order valence-corrected chi connectivity index (χ0v) is 18.4. The first-order valence-corrected chi connectivity index (χ1v) is 10.5. The first kappa shape index (κ1) is 20.6. The van der Waals surface area contributed by atoms with Crippen molar-refractivity contribution in [2.24, 2.45) is 0 Å². The zero-order valence-electron chi connectivity index (χ0n) is 17.6. The molecular weight excluding hydrogens is 410 g/mol. The minimum Gasteiger partial charge on any atom is -0.442 e. The van der Waals surface area contributed by atoms with Gasteiger partial charge in [-0.05, 0) is 63.1 Å². The van der Waals surface area contributed by atoms with E-state index in [0.29, 0.717) is 16.2 Å². The fourth-order valence-electron chi connectivity index (χ4n) is 3.41. The van der Waals surface area contributed by atoms with Crippen LogP contribution in [0.3, 0.4) is 0 Å². The molecule has 0 aliphatic heterocycles. The van der Waals surface area contributed by atoms with E-state index in [-0.39, 0.29) is 0 Å². The van der Waals surface area contributed by atoms with E-state index < -0.39 is 11.7 Å². The number of nitrogen functional groups attached to an aromatic ring is 1. The van der Waals surface area contributed by atoms with E-state index in [1.807, 2.05) is 52.0 Å². The highest BCUT2D eigenvalue weighted by molar-refractivity contribution is 7.19. The van der Waals surface area contributed by atoms with Crippen LogP contribution in [0.4, 0.5) is 9.93 Å². The minimum absolute atomic E-state index is 0.439. The van der Waals surface area contributed by atoms with Crippen LogP contribution in [-0.2, 0) is 4.74 Å². The molecule has 0 fully saturated rings. The molecule has 31 heavy (non-hydrogen) atoms. The SMILES string of the molecule is Cc1cc(-c2sc(N)nc2-c2cccc(C#N)c2)cc2cnn(C(=O)OC(C)(C)C)c12. The maximum absolute atomic E-state index is 12.6. The lowest BCUT2D eigenvalue weighted by molar-refractivity contribution is 0.0522. The van der Waals surface area contributed by atoms with Gasteiger partial charge < -0.3 is 10.5 Å². The smallest absolute Gasteiger partial charge is 0.435 e. The van der Waals surface area contributed by atoms with Gasteiger partial charge in [-0.15, -0.1) is 0 Å². The van der Waals surface area contributed by atoms with Gasteiger partial charge in [0.1, 0.15) is 5.60 Å². The molecule has 0 atom stereocenters. The lowest BCUT2D eigenvalue weighted by Crippen LogP contribution is -2.27. The monoisotopic (exact) mass is 431 g/mol. The van der Waals surface area contributed by atoms with Crippen molar-refractivity contribution >= 4 is 33.5 Å². The number of aryl methyl sites for hydroxylation is 1. The molecule has 2 heterocycles. The zero-order chi connectivity index (χ0) is 22.3. The van der Waals surface area contributed by atoms with Crippen molar-refractivity contribution in [1.29, 1.82) is 5.26 Å². The topological polar surface area (TPSA) is 107 Å². The van der Waals surface area contributed by atoms with Crippen LogP contribution in [0.2, 0.25) is 0 Å². The molecule has 4 rings (SSSR count). The first-order chi connectivity index (χ1) is 14.7. The number of hydrogen-bond donors (Lipinski definition) is 1. The molecule has 0 spiro atoms. The van der Waals surface area contributed by atoms with Crippen LogP contribution in [0.1, 0.15) is 31.9 Å². The highest BCUT2D eigenvalue weighted by Gasteiger charge is 2.22. The molecule has 0 amide bonds. The van der Waals surface area contributed by atoms with E-state index in [4.69, 9.17) is 10.5 Å². The van der Waals surface area contributed by atoms with Gasteiger partial charge in [-0.25, -0.2) is 9.78 Å². The van der Waals surface area contributed by atoms with Crippen molar-refractivity contribution in [3.8, 4) is 27.8 Å². The maximum atomic E-state index is 12.6. The number of thiazole rings is 1. The fourth-order valence-corrected chi connectivity index (χ4v) is 4.25. The largest absolute Gasteiger partial charge is 0.442 e. The lowest BCUT2D eigenvalue weighted by Gasteiger charge is -2.19. The van der Waals surface area contributed by atoms with Gasteiger partial charge in [0.2, 0.25) is 0 Å². The van der Waals surface area contributed by atoms with Gasteiger partial charge in [-0.3, -0.25) is 0 Å². The van der Waals surface area contributed by atoms with Gasteiger partial charge in [0.25, 0.3) is 0 Å². The number of nitriles is 1. The number of carbonyl (C=O) groups is 1. The second-order valence-corrected chi connectivity index (χ2v) is 9.22. The Morgan fingerprint density at radius 2 is 2.00 bits per heavy atom. The van der Waals surface area contributed by atoms with Crippen LogP contribution in [0.5, 0.6) is 0 Å². The second kappa shape index (κ2) is 7.52. The Kier molecular flexibility index (Phi) is 4.99. The third-order valence-electron chi connectivity index (χ3n) is 4.59. The summed E-state index contributed by atoms with van der Waals surface area (Å²) in [5.41, 5.74) is 10.0. The van der Waals surface area contributed by atoms with Gasteiger partial charge in [0.05, 0.1) is 33.9 Å². The van der Waals surface area contributed by atoms with Crippen LogP contribution in [0, 0.1) is 18.3 Å². The summed E-state index contributed by atoms with van der Waals surface area (Å²) in [6, 6.07) is 13.4. The highest BCUT2D eigenvalue weighted by Crippen LogP contribution is 2.40. The molecule has 2 aromatic heterocycles. The molecule has 0 aliphatic rings. The Hall–Kier alpha value is -3.70. The number of nitrogens with zero attached hydrogens (tertiary/aromatic N) is 4. The standard InChI is InChI=1S/C23H21N5O2S/c1-13-8-16(10-17-12-26-28(19(13)17)22(29)30-23(2,3)4)20-18(27-21(25)31-20)15-7-5-6-14(9-15)11-24/h5-10,12H,1-4H3,(H2,25,27). The number of rotatable bonds is 2. The molecule has 2 aromatic carbocycles. The van der Waals surface area contributed by atoms with Crippen molar-refractivity contribution in [2.75, 3.05) is 5.73 Å². The molecule has 2 N–H and O–H groups in total. The molecule has 8 heteroatoms. The second-order valence-electron chi connectivity index (χ2n) is 8.19. The summed E-state index contributed by atoms with van der Waals surface area (Å²) >= 11 is 1.38. The van der Waals surface area contributed by atoms with Gasteiger partial charge in [0.15, 0.2) is 5.13 Å². The highest BCUT2D eigenvalue weighted by atomic mass is 32.1. The van der Waals surface area contributed by atoms with Crippen LogP contribution in [-0.4, -0.2) is 26.5 Å². The number of fused-ring (bicyclic) bond motifs is 1. The minimum atomic E-state index is -0.615. The summed E-state index contributed by atoms with van der Waals surface area (Å²) in [6.07, 6.45) is 1.13. The van der Waals surface area contributed by atoms with Crippen molar-refractivity contribution in [2.45, 2.75) is 33.3 Å². The summed E-state index contributed by atoms with van der Waals surface area (Å²) < 4.78 is 6.76.